The Labute approximate surface area is 204 Å². The molecule has 1 amide bonds. The summed E-state index contributed by atoms with van der Waals surface area (Å²) in [4.78, 5) is 32.1. The third-order valence-corrected chi connectivity index (χ3v) is 6.58. The molecule has 0 radical (unpaired) electrons. The van der Waals surface area contributed by atoms with Gasteiger partial charge in [-0.05, 0) is 51.6 Å². The molecule has 1 aliphatic rings. The second-order valence-corrected chi connectivity index (χ2v) is 9.17. The van der Waals surface area contributed by atoms with E-state index >= 15 is 0 Å². The number of benzene rings is 3. The van der Waals surface area contributed by atoms with E-state index < -0.39 is 17.7 Å². The van der Waals surface area contributed by atoms with Gasteiger partial charge < -0.3 is 10.0 Å². The van der Waals surface area contributed by atoms with Crippen molar-refractivity contribution in [1.82, 2.24) is 9.88 Å². The molecule has 4 aromatic rings. The normalized spacial score (nSPS) is 17.5. The van der Waals surface area contributed by atoms with Gasteiger partial charge in [0.2, 0.25) is 0 Å². The van der Waals surface area contributed by atoms with Crippen molar-refractivity contribution in [3.8, 4) is 0 Å². The van der Waals surface area contributed by atoms with Crippen molar-refractivity contribution in [2.75, 3.05) is 0 Å². The van der Waals surface area contributed by atoms with Crippen LogP contribution < -0.4 is 0 Å². The molecule has 1 N–H and O–H groups in total. The Morgan fingerprint density at radius 3 is 2.29 bits per heavy atom. The molecule has 1 fully saturated rings. The summed E-state index contributed by atoms with van der Waals surface area (Å²) in [6, 6.07) is 24.2. The maximum Gasteiger partial charge on any atom is 0.295 e. The van der Waals surface area contributed by atoms with Gasteiger partial charge in [-0.2, -0.15) is 0 Å². The Morgan fingerprint density at radius 1 is 0.914 bits per heavy atom. The first-order valence-corrected chi connectivity index (χ1v) is 11.7. The zero-order valence-electron chi connectivity index (χ0n) is 19.7. The smallest absolute Gasteiger partial charge is 0.295 e. The quantitative estimate of drug-likeness (QED) is 0.225. The van der Waals surface area contributed by atoms with E-state index in [1.54, 1.807) is 18.5 Å². The lowest BCUT2D eigenvalue weighted by Gasteiger charge is -2.26. The fourth-order valence-corrected chi connectivity index (χ4v) is 4.63. The monoisotopic (exact) mass is 462 g/mol. The number of likely N-dealkylation sites (tertiary alicyclic amines) is 1. The molecule has 2 heterocycles. The van der Waals surface area contributed by atoms with E-state index in [4.69, 9.17) is 0 Å². The number of aromatic nitrogens is 1. The lowest BCUT2D eigenvalue weighted by molar-refractivity contribution is -0.140. The van der Waals surface area contributed by atoms with Crippen molar-refractivity contribution in [3.63, 3.8) is 0 Å². The fourth-order valence-electron chi connectivity index (χ4n) is 4.63. The number of pyridine rings is 1. The highest BCUT2D eigenvalue weighted by molar-refractivity contribution is 6.46. The van der Waals surface area contributed by atoms with Crippen LogP contribution in [0.15, 0.2) is 96.8 Å². The molecule has 0 spiro atoms. The van der Waals surface area contributed by atoms with Gasteiger partial charge in [-0.1, -0.05) is 74.5 Å². The van der Waals surface area contributed by atoms with Gasteiger partial charge in [0.1, 0.15) is 5.76 Å². The molecule has 1 saturated heterocycles. The van der Waals surface area contributed by atoms with Crippen LogP contribution in [0.3, 0.4) is 0 Å². The predicted molar refractivity (Wildman–Crippen MR) is 137 cm³/mol. The number of aliphatic hydroxyl groups is 1. The Kier molecular flexibility index (Phi) is 5.91. The first-order valence-electron chi connectivity index (χ1n) is 11.7. The van der Waals surface area contributed by atoms with Gasteiger partial charge in [0, 0.05) is 24.5 Å². The number of rotatable bonds is 5. The molecule has 5 rings (SSSR count). The maximum absolute atomic E-state index is 13.3. The molecular weight excluding hydrogens is 436 g/mol. The van der Waals surface area contributed by atoms with Crippen LogP contribution in [-0.2, 0) is 16.1 Å². The summed E-state index contributed by atoms with van der Waals surface area (Å²) in [5.74, 6) is -1.11. The van der Waals surface area contributed by atoms with Crippen LogP contribution in [0.4, 0.5) is 0 Å². The highest BCUT2D eigenvalue weighted by Crippen LogP contribution is 2.40. The number of amides is 1. The summed E-state index contributed by atoms with van der Waals surface area (Å²) in [5.41, 5.74) is 3.42. The molecule has 5 heteroatoms. The van der Waals surface area contributed by atoms with Crippen molar-refractivity contribution in [2.24, 2.45) is 0 Å². The minimum absolute atomic E-state index is 0.108. The summed E-state index contributed by atoms with van der Waals surface area (Å²) < 4.78 is 0. The summed E-state index contributed by atoms with van der Waals surface area (Å²) in [5, 5.41) is 13.4. The number of hydrogen-bond acceptors (Lipinski definition) is 4. The largest absolute Gasteiger partial charge is 0.507 e. The van der Waals surface area contributed by atoms with E-state index in [9.17, 15) is 14.7 Å². The van der Waals surface area contributed by atoms with Crippen molar-refractivity contribution in [2.45, 2.75) is 32.4 Å². The highest BCUT2D eigenvalue weighted by Gasteiger charge is 2.46. The predicted octanol–water partition coefficient (Wildman–Crippen LogP) is 5.98. The number of fused-ring (bicyclic) bond motifs is 1. The van der Waals surface area contributed by atoms with Gasteiger partial charge in [0.15, 0.2) is 0 Å². The summed E-state index contributed by atoms with van der Waals surface area (Å²) in [6.45, 7) is 4.46. The van der Waals surface area contributed by atoms with E-state index in [-0.39, 0.29) is 17.9 Å². The van der Waals surface area contributed by atoms with Gasteiger partial charge in [-0.25, -0.2) is 0 Å². The van der Waals surface area contributed by atoms with Crippen LogP contribution in [0.5, 0.6) is 0 Å². The lowest BCUT2D eigenvalue weighted by atomic mass is 9.92. The van der Waals surface area contributed by atoms with Crippen LogP contribution in [0.2, 0.25) is 0 Å². The number of aliphatic hydroxyl groups excluding tert-OH is 1. The lowest BCUT2D eigenvalue weighted by Crippen LogP contribution is -2.29. The Morgan fingerprint density at radius 2 is 1.60 bits per heavy atom. The Balaban J connectivity index is 1.65. The number of Topliss-reactive ketones (excluding diaryl/α,β-unsaturated/α-hetero) is 1. The third-order valence-electron chi connectivity index (χ3n) is 6.58. The van der Waals surface area contributed by atoms with Gasteiger partial charge in [0.25, 0.3) is 11.7 Å². The molecule has 174 valence electrons. The Bertz CT molecular complexity index is 1440. The van der Waals surface area contributed by atoms with Crippen LogP contribution in [0.25, 0.3) is 16.5 Å². The van der Waals surface area contributed by atoms with Crippen LogP contribution in [0.1, 0.15) is 48.1 Å². The number of nitrogens with zero attached hydrogens (tertiary/aromatic N) is 2. The fraction of sp³-hybridized carbons (Fsp3) is 0.167. The highest BCUT2D eigenvalue weighted by atomic mass is 16.3. The average molecular weight is 463 g/mol. The zero-order chi connectivity index (χ0) is 24.5. The van der Waals surface area contributed by atoms with Gasteiger partial charge in [-0.15, -0.1) is 0 Å². The van der Waals surface area contributed by atoms with E-state index in [1.165, 1.54) is 4.90 Å². The van der Waals surface area contributed by atoms with E-state index in [0.29, 0.717) is 11.5 Å². The third kappa shape index (κ3) is 4.21. The second-order valence-electron chi connectivity index (χ2n) is 9.17. The van der Waals surface area contributed by atoms with Crippen molar-refractivity contribution in [1.29, 1.82) is 0 Å². The molecule has 3 aromatic carbocycles. The molecule has 1 aromatic heterocycles. The van der Waals surface area contributed by atoms with Crippen LogP contribution in [0, 0.1) is 0 Å². The average Bonchev–Trinajstić information content (AvgIpc) is 3.13. The number of hydrogen-bond donors (Lipinski definition) is 1. The van der Waals surface area contributed by atoms with Crippen molar-refractivity contribution >= 4 is 28.2 Å². The zero-order valence-corrected chi connectivity index (χ0v) is 19.7. The minimum atomic E-state index is -0.698. The second kappa shape index (κ2) is 9.18. The van der Waals surface area contributed by atoms with E-state index in [1.807, 2.05) is 72.8 Å². The number of ketones is 1. The summed E-state index contributed by atoms with van der Waals surface area (Å²) in [6.07, 6.45) is 3.32. The van der Waals surface area contributed by atoms with Gasteiger partial charge in [-0.3, -0.25) is 14.6 Å². The maximum atomic E-state index is 13.3. The SMILES string of the molecule is CC(C)c1ccc(C2/C(=C(/O)c3ccc4ccccc4c3)C(=O)C(=O)N2Cc2ccncc2)cc1. The molecule has 1 aliphatic heterocycles. The minimum Gasteiger partial charge on any atom is -0.507 e. The molecule has 5 nitrogen and oxygen atoms in total. The molecule has 1 unspecified atom stereocenters. The van der Waals surface area contributed by atoms with Crippen molar-refractivity contribution in [3.05, 3.63) is 119 Å². The van der Waals surface area contributed by atoms with Gasteiger partial charge >= 0.3 is 0 Å². The first-order chi connectivity index (χ1) is 16.9. The first kappa shape index (κ1) is 22.5. The number of carbonyl (C=O) groups excluding carboxylic acids is 2. The van der Waals surface area contributed by atoms with E-state index in [0.717, 1.165) is 27.5 Å². The van der Waals surface area contributed by atoms with Crippen molar-refractivity contribution < 1.29 is 14.7 Å². The Hall–Kier alpha value is -4.25. The number of carbonyl (C=O) groups is 2. The molecule has 0 aliphatic carbocycles. The summed E-state index contributed by atoms with van der Waals surface area (Å²) in [7, 11) is 0. The molecular formula is C30H26N2O3. The molecule has 0 saturated carbocycles. The standard InChI is InChI=1S/C30H26N2O3/c1-19(2)21-7-10-23(11-8-21)27-26(28(33)25-12-9-22-5-3-4-6-24(22)17-25)29(34)30(35)32(27)18-20-13-15-31-16-14-20/h3-17,19,27,33H,18H2,1-2H3/b28-26-. The van der Waals surface area contributed by atoms with Crippen LogP contribution >= 0.6 is 0 Å². The molecule has 35 heavy (non-hydrogen) atoms. The molecule has 0 bridgehead atoms. The van der Waals surface area contributed by atoms with Gasteiger partial charge in [0.05, 0.1) is 11.6 Å². The molecule has 1 atom stereocenters. The topological polar surface area (TPSA) is 70.5 Å². The van der Waals surface area contributed by atoms with E-state index in [2.05, 4.69) is 18.8 Å². The summed E-state index contributed by atoms with van der Waals surface area (Å²) >= 11 is 0. The van der Waals surface area contributed by atoms with Crippen LogP contribution in [-0.4, -0.2) is 26.7 Å².